The van der Waals surface area contributed by atoms with Crippen LogP contribution in [-0.4, -0.2) is 23.9 Å². The second-order valence-corrected chi connectivity index (χ2v) is 11.0. The molecule has 1 N–H and O–H groups in total. The highest BCUT2D eigenvalue weighted by Crippen LogP contribution is 2.44. The molecule has 2 aliphatic carbocycles. The van der Waals surface area contributed by atoms with Crippen molar-refractivity contribution in [3.8, 4) is 0 Å². The van der Waals surface area contributed by atoms with Crippen molar-refractivity contribution < 1.29 is 9.84 Å². The Morgan fingerprint density at radius 3 is 2.50 bits per heavy atom. The van der Waals surface area contributed by atoms with Gasteiger partial charge in [-0.25, -0.2) is 0 Å². The van der Waals surface area contributed by atoms with Gasteiger partial charge in [-0.15, -0.1) is 0 Å². The highest BCUT2D eigenvalue weighted by atomic mass is 31.1. The van der Waals surface area contributed by atoms with E-state index in [4.69, 9.17) is 4.74 Å². The van der Waals surface area contributed by atoms with Crippen molar-refractivity contribution in [3.63, 3.8) is 0 Å². The first-order chi connectivity index (χ1) is 13.1. The van der Waals surface area contributed by atoms with Crippen molar-refractivity contribution in [1.82, 2.24) is 0 Å². The Morgan fingerprint density at radius 2 is 1.89 bits per heavy atom. The van der Waals surface area contributed by atoms with E-state index in [1.807, 2.05) is 0 Å². The lowest BCUT2D eigenvalue weighted by molar-refractivity contribution is 0.0367. The average Bonchev–Trinajstić information content (AvgIpc) is 2.55. The quantitative estimate of drug-likeness (QED) is 0.366. The molecule has 0 heterocycles. The molecular formula is C25H41O2P. The van der Waals surface area contributed by atoms with Crippen molar-refractivity contribution in [1.29, 1.82) is 0 Å². The molecule has 0 aliphatic heterocycles. The van der Waals surface area contributed by atoms with Crippen LogP contribution in [0.2, 0.25) is 0 Å². The minimum Gasteiger partial charge on any atom is -0.393 e. The second kappa shape index (κ2) is 9.88. The molecule has 0 amide bonds. The zero-order valence-corrected chi connectivity index (χ0v) is 20.0. The molecule has 0 saturated heterocycles. The molecule has 0 aromatic rings. The van der Waals surface area contributed by atoms with E-state index in [0.29, 0.717) is 14.5 Å². The third-order valence-corrected chi connectivity index (χ3v) is 7.00. The standard InChI is InChI=1S/C25H41O2P/c1-8-11-27-21-15-19(3)23(25(6,7)17-21)10-13-28-12-9-22-18(2)14-20(26)16-24(22,4)5/h9-10,12-13,15,20-21,23,26,28H,8,11,14,16-17H2,1-7H3/b12-9+,13-10+/t20-,21?,23+/m1/s1. The van der Waals surface area contributed by atoms with E-state index < -0.39 is 0 Å². The van der Waals surface area contributed by atoms with E-state index in [1.54, 1.807) is 0 Å². The zero-order chi connectivity index (χ0) is 20.9. The van der Waals surface area contributed by atoms with Gasteiger partial charge in [0.25, 0.3) is 0 Å². The molecule has 2 rings (SSSR count). The summed E-state index contributed by atoms with van der Waals surface area (Å²) in [5, 5.41) is 10.0. The highest BCUT2D eigenvalue weighted by molar-refractivity contribution is 7.45. The van der Waals surface area contributed by atoms with Crippen LogP contribution in [-0.2, 0) is 4.74 Å². The Hall–Kier alpha value is -0.690. The maximum atomic E-state index is 10.0. The molecule has 2 unspecified atom stereocenters. The van der Waals surface area contributed by atoms with Crippen LogP contribution >= 0.6 is 8.58 Å². The largest absolute Gasteiger partial charge is 0.393 e. The second-order valence-electron chi connectivity index (χ2n) is 9.99. The molecule has 0 saturated carbocycles. The number of rotatable bonds is 7. The first-order valence-electron chi connectivity index (χ1n) is 10.8. The van der Waals surface area contributed by atoms with E-state index in [9.17, 15) is 5.11 Å². The predicted octanol–water partition coefficient (Wildman–Crippen LogP) is 6.98. The van der Waals surface area contributed by atoms with Gasteiger partial charge in [0.2, 0.25) is 0 Å². The van der Waals surface area contributed by atoms with Crippen LogP contribution < -0.4 is 0 Å². The van der Waals surface area contributed by atoms with Crippen molar-refractivity contribution in [2.45, 2.75) is 86.4 Å². The molecule has 3 heteroatoms. The van der Waals surface area contributed by atoms with Gasteiger partial charge in [-0.2, -0.15) is 0 Å². The monoisotopic (exact) mass is 404 g/mol. The summed E-state index contributed by atoms with van der Waals surface area (Å²) in [7, 11) is 0.684. The van der Waals surface area contributed by atoms with Gasteiger partial charge in [0.05, 0.1) is 12.2 Å². The summed E-state index contributed by atoms with van der Waals surface area (Å²) in [6.45, 7) is 16.6. The number of aliphatic hydroxyl groups excluding tert-OH is 1. The molecule has 4 atom stereocenters. The van der Waals surface area contributed by atoms with E-state index in [-0.39, 0.29) is 23.0 Å². The molecular weight excluding hydrogens is 363 g/mol. The highest BCUT2D eigenvalue weighted by Gasteiger charge is 2.35. The molecule has 0 spiro atoms. The van der Waals surface area contributed by atoms with E-state index in [0.717, 1.165) is 32.3 Å². The van der Waals surface area contributed by atoms with Crippen LogP contribution in [0.3, 0.4) is 0 Å². The fourth-order valence-electron chi connectivity index (χ4n) is 5.03. The Morgan fingerprint density at radius 1 is 1.18 bits per heavy atom. The predicted molar refractivity (Wildman–Crippen MR) is 124 cm³/mol. The molecule has 2 aliphatic rings. The van der Waals surface area contributed by atoms with Crippen molar-refractivity contribution >= 4 is 8.58 Å². The summed E-state index contributed by atoms with van der Waals surface area (Å²) in [6, 6.07) is 0. The summed E-state index contributed by atoms with van der Waals surface area (Å²) in [5.74, 6) is 5.13. The smallest absolute Gasteiger partial charge is 0.0763 e. The molecule has 28 heavy (non-hydrogen) atoms. The van der Waals surface area contributed by atoms with Crippen LogP contribution in [0.4, 0.5) is 0 Å². The molecule has 0 fully saturated rings. The number of hydrogen-bond donors (Lipinski definition) is 1. The summed E-state index contributed by atoms with van der Waals surface area (Å²) in [5.41, 5.74) is 4.46. The van der Waals surface area contributed by atoms with E-state index >= 15 is 0 Å². The summed E-state index contributed by atoms with van der Waals surface area (Å²) in [6.07, 6.45) is 10.9. The number of allylic oxidation sites excluding steroid dienone is 4. The first-order valence-corrected chi connectivity index (χ1v) is 12.0. The van der Waals surface area contributed by atoms with Crippen LogP contribution in [0, 0.1) is 16.7 Å². The fraction of sp³-hybridized carbons (Fsp3) is 0.680. The van der Waals surface area contributed by atoms with E-state index in [2.05, 4.69) is 78.3 Å². The van der Waals surface area contributed by atoms with Crippen molar-refractivity contribution in [2.24, 2.45) is 16.7 Å². The van der Waals surface area contributed by atoms with Crippen molar-refractivity contribution in [2.75, 3.05) is 6.61 Å². The minimum absolute atomic E-state index is 0.0602. The molecule has 2 nitrogen and oxygen atoms in total. The zero-order valence-electron chi connectivity index (χ0n) is 19.0. The number of ether oxygens (including phenoxy) is 1. The van der Waals surface area contributed by atoms with Crippen LogP contribution in [0.15, 0.2) is 46.6 Å². The lowest BCUT2D eigenvalue weighted by atomic mass is 9.68. The van der Waals surface area contributed by atoms with Gasteiger partial charge in [0, 0.05) is 12.5 Å². The SMILES string of the molecule is CCCOC1C=C(C)[C@H](/C=C/P/C=C/C2=C(C)C[C@@H](O)CC2(C)C)C(C)(C)C1. The van der Waals surface area contributed by atoms with Crippen LogP contribution in [0.5, 0.6) is 0 Å². The normalized spacial score (nSPS) is 30.7. The van der Waals surface area contributed by atoms with Gasteiger partial charge in [-0.1, -0.05) is 84.2 Å². The molecule has 0 aromatic heterocycles. The molecule has 158 valence electrons. The fourth-order valence-corrected chi connectivity index (χ4v) is 5.70. The Balaban J connectivity index is 2.00. The minimum atomic E-state index is -0.192. The lowest BCUT2D eigenvalue weighted by Gasteiger charge is -2.40. The molecule has 0 bridgehead atoms. The molecule has 0 aromatic carbocycles. The summed E-state index contributed by atoms with van der Waals surface area (Å²) < 4.78 is 6.00. The van der Waals surface area contributed by atoms with Gasteiger partial charge >= 0.3 is 0 Å². The maximum Gasteiger partial charge on any atom is 0.0763 e. The molecule has 0 radical (unpaired) electrons. The summed E-state index contributed by atoms with van der Waals surface area (Å²) in [4.78, 5) is 0. The van der Waals surface area contributed by atoms with Gasteiger partial charge < -0.3 is 9.84 Å². The average molecular weight is 405 g/mol. The Labute approximate surface area is 175 Å². The summed E-state index contributed by atoms with van der Waals surface area (Å²) >= 11 is 0. The van der Waals surface area contributed by atoms with E-state index in [1.165, 1.54) is 16.7 Å². The maximum absolute atomic E-state index is 10.0. The van der Waals surface area contributed by atoms with Crippen molar-refractivity contribution in [3.05, 3.63) is 46.6 Å². The van der Waals surface area contributed by atoms with Gasteiger partial charge in [-0.3, -0.25) is 0 Å². The van der Waals surface area contributed by atoms with Crippen LogP contribution in [0.1, 0.15) is 74.1 Å². The third-order valence-electron chi connectivity index (χ3n) is 6.25. The third kappa shape index (κ3) is 6.15. The number of hydrogen-bond acceptors (Lipinski definition) is 2. The van der Waals surface area contributed by atoms with Gasteiger partial charge in [0.15, 0.2) is 0 Å². The number of aliphatic hydroxyl groups is 1. The van der Waals surface area contributed by atoms with Gasteiger partial charge in [-0.05, 0) is 55.9 Å². The van der Waals surface area contributed by atoms with Gasteiger partial charge in [0.1, 0.15) is 0 Å². The first kappa shape index (κ1) is 23.6. The lowest BCUT2D eigenvalue weighted by Crippen LogP contribution is -2.34. The Bertz CT molecular complexity index is 651. The topological polar surface area (TPSA) is 29.5 Å². The Kier molecular flexibility index (Phi) is 8.32. The van der Waals surface area contributed by atoms with Crippen LogP contribution in [0.25, 0.3) is 0 Å².